The van der Waals surface area contributed by atoms with Gasteiger partial charge in [0.05, 0.1) is 11.7 Å². The first-order valence-electron chi connectivity index (χ1n) is 10.6. The fourth-order valence-electron chi connectivity index (χ4n) is 5.56. The van der Waals surface area contributed by atoms with Gasteiger partial charge in [-0.15, -0.1) is 0 Å². The van der Waals surface area contributed by atoms with Gasteiger partial charge in [0.2, 0.25) is 5.76 Å². The lowest BCUT2D eigenvalue weighted by atomic mass is 9.75. The maximum Gasteiger partial charge on any atom is 0.292 e. The van der Waals surface area contributed by atoms with E-state index in [2.05, 4.69) is 60.0 Å². The summed E-state index contributed by atoms with van der Waals surface area (Å²) in [7, 11) is 0. The van der Waals surface area contributed by atoms with Crippen molar-refractivity contribution in [2.24, 2.45) is 5.92 Å². The van der Waals surface area contributed by atoms with Crippen molar-refractivity contribution in [3.63, 3.8) is 0 Å². The Morgan fingerprint density at radius 1 is 1.14 bits per heavy atom. The molecule has 5 nitrogen and oxygen atoms in total. The van der Waals surface area contributed by atoms with Gasteiger partial charge >= 0.3 is 0 Å². The second kappa shape index (κ2) is 6.73. The first-order valence-corrected chi connectivity index (χ1v) is 10.6. The number of aryl methyl sites for hydroxylation is 1. The first kappa shape index (κ1) is 17.9. The van der Waals surface area contributed by atoms with Gasteiger partial charge in [-0.2, -0.15) is 0 Å². The van der Waals surface area contributed by atoms with Crippen molar-refractivity contribution < 1.29 is 9.32 Å². The Kier molecular flexibility index (Phi) is 4.31. The van der Waals surface area contributed by atoms with Gasteiger partial charge in [0.15, 0.2) is 0 Å². The molecule has 4 aliphatic heterocycles. The predicted octanol–water partition coefficient (Wildman–Crippen LogP) is 3.81. The average Bonchev–Trinajstić information content (AvgIpc) is 3.36. The molecule has 0 spiro atoms. The number of carbonyl (C=O) groups excluding carboxylic acids is 1. The van der Waals surface area contributed by atoms with E-state index in [1.807, 2.05) is 6.07 Å². The third-order valence-corrected chi connectivity index (χ3v) is 7.09. The molecule has 6 rings (SSSR count). The highest BCUT2D eigenvalue weighted by Crippen LogP contribution is 2.47. The number of hydrogen-bond donors (Lipinski definition) is 0. The summed E-state index contributed by atoms with van der Waals surface area (Å²) >= 11 is 0. The zero-order valence-electron chi connectivity index (χ0n) is 17.0. The molecule has 4 aliphatic rings. The summed E-state index contributed by atoms with van der Waals surface area (Å²) in [6, 6.07) is 11.4. The van der Waals surface area contributed by atoms with E-state index in [9.17, 15) is 4.79 Å². The molecule has 0 N–H and O–H groups in total. The number of hydrogen-bond acceptors (Lipinski definition) is 4. The van der Waals surface area contributed by atoms with E-state index >= 15 is 0 Å². The highest BCUT2D eigenvalue weighted by molar-refractivity contribution is 5.92. The monoisotopic (exact) mass is 379 g/mol. The minimum absolute atomic E-state index is 0.0118. The Morgan fingerprint density at radius 2 is 1.86 bits per heavy atom. The number of nitrogens with zero attached hydrogens (tertiary/aromatic N) is 3. The quantitative estimate of drug-likeness (QED) is 0.814. The van der Waals surface area contributed by atoms with E-state index in [4.69, 9.17) is 4.52 Å². The topological polar surface area (TPSA) is 49.6 Å². The third-order valence-electron chi connectivity index (χ3n) is 7.09. The van der Waals surface area contributed by atoms with E-state index in [0.29, 0.717) is 23.6 Å². The third kappa shape index (κ3) is 2.79. The number of aromatic nitrogens is 1. The lowest BCUT2D eigenvalue weighted by molar-refractivity contribution is -0.00451. The van der Waals surface area contributed by atoms with Crippen molar-refractivity contribution in [3.8, 4) is 0 Å². The Labute approximate surface area is 166 Å². The van der Waals surface area contributed by atoms with Gasteiger partial charge in [0.25, 0.3) is 5.91 Å². The van der Waals surface area contributed by atoms with Crippen LogP contribution in [0.15, 0.2) is 34.9 Å². The number of rotatable bonds is 3. The summed E-state index contributed by atoms with van der Waals surface area (Å²) < 4.78 is 5.46. The Hall–Kier alpha value is -2.14. The number of carbonyl (C=O) groups is 1. The fraction of sp³-hybridized carbons (Fsp3) is 0.565. The molecule has 3 atom stereocenters. The second-order valence-electron chi connectivity index (χ2n) is 9.10. The van der Waals surface area contributed by atoms with Gasteiger partial charge < -0.3 is 9.42 Å². The molecular formula is C23H29N3O2. The molecule has 0 radical (unpaired) electrons. The summed E-state index contributed by atoms with van der Waals surface area (Å²) in [5.74, 6) is 1.63. The molecule has 4 fully saturated rings. The van der Waals surface area contributed by atoms with E-state index in [1.54, 1.807) is 0 Å². The van der Waals surface area contributed by atoms with Crippen LogP contribution in [-0.4, -0.2) is 52.6 Å². The van der Waals surface area contributed by atoms with Crippen LogP contribution in [0, 0.1) is 12.8 Å². The number of likely N-dealkylation sites (tertiary alicyclic amines) is 1. The van der Waals surface area contributed by atoms with Crippen molar-refractivity contribution >= 4 is 5.91 Å². The van der Waals surface area contributed by atoms with Crippen molar-refractivity contribution in [3.05, 3.63) is 52.9 Å². The molecule has 5 heteroatoms. The van der Waals surface area contributed by atoms with Crippen LogP contribution in [0.25, 0.3) is 0 Å². The standard InChI is InChI=1S/C23H29N3O2/c1-14(2)19-12-20(28-24-19)23(27)26-13-18(16-6-4-15(3)5-7-16)22-21(26)17-8-10-25(22)11-9-17/h4-7,12,14,17-18,21-22H,8-11,13H2,1-3H3/t18-,21-,22-/m1/s1. The molecule has 0 unspecified atom stereocenters. The largest absolute Gasteiger partial charge is 0.351 e. The van der Waals surface area contributed by atoms with Crippen molar-refractivity contribution in [2.45, 2.75) is 57.5 Å². The smallest absolute Gasteiger partial charge is 0.292 e. The van der Waals surface area contributed by atoms with E-state index in [-0.39, 0.29) is 17.9 Å². The molecule has 148 valence electrons. The molecule has 1 aromatic heterocycles. The fourth-order valence-corrected chi connectivity index (χ4v) is 5.56. The second-order valence-corrected chi connectivity index (χ2v) is 9.10. The van der Waals surface area contributed by atoms with Crippen molar-refractivity contribution in [1.82, 2.24) is 15.0 Å². The summed E-state index contributed by atoms with van der Waals surface area (Å²) in [6.45, 7) is 9.35. The highest BCUT2D eigenvalue weighted by Gasteiger charge is 2.55. The van der Waals surface area contributed by atoms with Crippen LogP contribution in [0.3, 0.4) is 0 Å². The molecule has 4 saturated heterocycles. The van der Waals surface area contributed by atoms with Gasteiger partial charge in [0, 0.05) is 24.6 Å². The number of benzene rings is 1. The summed E-state index contributed by atoms with van der Waals surface area (Å²) in [6.07, 6.45) is 2.39. The Balaban J connectivity index is 1.49. The molecule has 1 amide bonds. The normalized spacial score (nSPS) is 31.4. The van der Waals surface area contributed by atoms with Crippen LogP contribution in [-0.2, 0) is 0 Å². The summed E-state index contributed by atoms with van der Waals surface area (Å²) in [5.41, 5.74) is 3.48. The summed E-state index contributed by atoms with van der Waals surface area (Å²) in [5, 5.41) is 4.11. The zero-order chi connectivity index (χ0) is 19.4. The van der Waals surface area contributed by atoms with Gasteiger partial charge in [-0.05, 0) is 50.3 Å². The lowest BCUT2D eigenvalue weighted by Crippen LogP contribution is -2.60. The van der Waals surface area contributed by atoms with Crippen LogP contribution in [0.1, 0.15) is 65.9 Å². The Morgan fingerprint density at radius 3 is 2.50 bits per heavy atom. The molecular weight excluding hydrogens is 350 g/mol. The Bertz CT molecular complexity index is 864. The van der Waals surface area contributed by atoms with E-state index in [1.165, 1.54) is 24.0 Å². The van der Waals surface area contributed by atoms with Crippen LogP contribution >= 0.6 is 0 Å². The molecule has 0 saturated carbocycles. The minimum Gasteiger partial charge on any atom is -0.351 e. The average molecular weight is 380 g/mol. The first-order chi connectivity index (χ1) is 13.5. The zero-order valence-corrected chi connectivity index (χ0v) is 17.0. The number of piperidine rings is 3. The molecule has 1 aromatic carbocycles. The minimum atomic E-state index is 0.0118. The molecule has 2 bridgehead atoms. The maximum atomic E-state index is 13.4. The maximum absolute atomic E-state index is 13.4. The van der Waals surface area contributed by atoms with Gasteiger partial charge in [-0.1, -0.05) is 48.8 Å². The highest BCUT2D eigenvalue weighted by atomic mass is 16.5. The van der Waals surface area contributed by atoms with E-state index in [0.717, 1.165) is 25.3 Å². The summed E-state index contributed by atoms with van der Waals surface area (Å²) in [4.78, 5) is 18.2. The molecule has 2 aromatic rings. The van der Waals surface area contributed by atoms with Crippen LogP contribution < -0.4 is 0 Å². The predicted molar refractivity (Wildman–Crippen MR) is 107 cm³/mol. The van der Waals surface area contributed by atoms with Crippen LogP contribution in [0.4, 0.5) is 0 Å². The van der Waals surface area contributed by atoms with Crippen LogP contribution in [0.5, 0.6) is 0 Å². The van der Waals surface area contributed by atoms with E-state index < -0.39 is 0 Å². The van der Waals surface area contributed by atoms with Crippen molar-refractivity contribution in [2.75, 3.05) is 19.6 Å². The van der Waals surface area contributed by atoms with Crippen LogP contribution in [0.2, 0.25) is 0 Å². The van der Waals surface area contributed by atoms with Gasteiger partial charge in [0.1, 0.15) is 0 Å². The molecule has 0 aliphatic carbocycles. The van der Waals surface area contributed by atoms with Crippen molar-refractivity contribution in [1.29, 1.82) is 0 Å². The molecule has 5 heterocycles. The molecule has 28 heavy (non-hydrogen) atoms. The van der Waals surface area contributed by atoms with Gasteiger partial charge in [-0.3, -0.25) is 9.69 Å². The van der Waals surface area contributed by atoms with Gasteiger partial charge in [-0.25, -0.2) is 0 Å². The SMILES string of the molecule is Cc1ccc([C@H]2CN(C(=O)c3cc(C(C)C)no3)[C@@H]3C4CCN(CC4)[C@H]23)cc1. The number of amides is 1. The number of fused-ring (bicyclic) bond motifs is 2. The lowest BCUT2D eigenvalue weighted by Gasteiger charge is -2.51.